The Morgan fingerprint density at radius 1 is 1.37 bits per heavy atom. The molecule has 2 nitrogen and oxygen atoms in total. The fourth-order valence-electron chi connectivity index (χ4n) is 3.05. The first kappa shape index (κ1) is 14.5. The van der Waals surface area contributed by atoms with Crippen LogP contribution in [0.25, 0.3) is 0 Å². The smallest absolute Gasteiger partial charge is 0.0549 e. The summed E-state index contributed by atoms with van der Waals surface area (Å²) in [7, 11) is 0. The van der Waals surface area contributed by atoms with Gasteiger partial charge in [-0.3, -0.25) is 0 Å². The number of nitrogens with one attached hydrogen (secondary N) is 1. The highest BCUT2D eigenvalue weighted by molar-refractivity contribution is 5.34. The van der Waals surface area contributed by atoms with Crippen molar-refractivity contribution >= 4 is 0 Å². The van der Waals surface area contributed by atoms with E-state index in [0.717, 1.165) is 19.4 Å². The van der Waals surface area contributed by atoms with E-state index in [1.54, 1.807) is 0 Å². The normalized spacial score (nSPS) is 22.8. The molecule has 1 aliphatic carbocycles. The molecule has 19 heavy (non-hydrogen) atoms. The van der Waals surface area contributed by atoms with E-state index in [9.17, 15) is 5.11 Å². The fourth-order valence-corrected chi connectivity index (χ4v) is 3.05. The lowest BCUT2D eigenvalue weighted by Gasteiger charge is -2.41. The SMILES string of the molecule is CCC(O)CCNC1c2ccccc2CCC1(C)C. The van der Waals surface area contributed by atoms with Crippen molar-refractivity contribution in [3.8, 4) is 0 Å². The zero-order valence-electron chi connectivity index (χ0n) is 12.4. The van der Waals surface area contributed by atoms with E-state index >= 15 is 0 Å². The van der Waals surface area contributed by atoms with Gasteiger partial charge in [0.15, 0.2) is 0 Å². The van der Waals surface area contributed by atoms with E-state index in [-0.39, 0.29) is 11.5 Å². The van der Waals surface area contributed by atoms with Crippen LogP contribution in [0.4, 0.5) is 0 Å². The van der Waals surface area contributed by atoms with Crippen LogP contribution in [0, 0.1) is 5.41 Å². The molecule has 2 unspecified atom stereocenters. The van der Waals surface area contributed by atoms with Gasteiger partial charge in [0.25, 0.3) is 0 Å². The maximum absolute atomic E-state index is 9.67. The Morgan fingerprint density at radius 2 is 2.11 bits per heavy atom. The first-order valence-corrected chi connectivity index (χ1v) is 7.54. The molecule has 0 heterocycles. The molecule has 0 bridgehead atoms. The Labute approximate surface area is 117 Å². The van der Waals surface area contributed by atoms with Crippen molar-refractivity contribution in [2.75, 3.05) is 6.54 Å². The van der Waals surface area contributed by atoms with Gasteiger partial charge in [0, 0.05) is 6.04 Å². The summed E-state index contributed by atoms with van der Waals surface area (Å²) in [6.07, 6.45) is 3.91. The molecular formula is C17H27NO. The second-order valence-corrected chi connectivity index (χ2v) is 6.43. The lowest BCUT2D eigenvalue weighted by molar-refractivity contribution is 0.148. The van der Waals surface area contributed by atoms with Crippen LogP contribution in [0.2, 0.25) is 0 Å². The van der Waals surface area contributed by atoms with Crippen molar-refractivity contribution < 1.29 is 5.11 Å². The number of fused-ring (bicyclic) bond motifs is 1. The molecule has 0 amide bonds. The van der Waals surface area contributed by atoms with Gasteiger partial charge < -0.3 is 10.4 Å². The van der Waals surface area contributed by atoms with Crippen molar-refractivity contribution in [1.82, 2.24) is 5.32 Å². The number of aryl methyl sites for hydroxylation is 1. The zero-order valence-corrected chi connectivity index (χ0v) is 12.4. The Hall–Kier alpha value is -0.860. The van der Waals surface area contributed by atoms with Gasteiger partial charge in [0.2, 0.25) is 0 Å². The predicted molar refractivity (Wildman–Crippen MR) is 80.2 cm³/mol. The highest BCUT2D eigenvalue weighted by Crippen LogP contribution is 2.43. The highest BCUT2D eigenvalue weighted by atomic mass is 16.3. The number of aliphatic hydroxyl groups excluding tert-OH is 1. The third-order valence-electron chi connectivity index (χ3n) is 4.48. The van der Waals surface area contributed by atoms with Crippen LogP contribution in [0.15, 0.2) is 24.3 Å². The maximum atomic E-state index is 9.67. The lowest BCUT2D eigenvalue weighted by Crippen LogP contribution is -2.39. The van der Waals surface area contributed by atoms with Crippen molar-refractivity contribution in [3.63, 3.8) is 0 Å². The van der Waals surface area contributed by atoms with Gasteiger partial charge in [-0.05, 0) is 48.8 Å². The first-order chi connectivity index (χ1) is 9.04. The van der Waals surface area contributed by atoms with E-state index in [1.807, 2.05) is 6.92 Å². The van der Waals surface area contributed by atoms with E-state index in [1.165, 1.54) is 24.0 Å². The summed E-state index contributed by atoms with van der Waals surface area (Å²) >= 11 is 0. The Kier molecular flexibility index (Phi) is 4.64. The van der Waals surface area contributed by atoms with Crippen LogP contribution in [0.3, 0.4) is 0 Å². The lowest BCUT2D eigenvalue weighted by atomic mass is 9.70. The van der Waals surface area contributed by atoms with Gasteiger partial charge in [-0.15, -0.1) is 0 Å². The second-order valence-electron chi connectivity index (χ2n) is 6.43. The summed E-state index contributed by atoms with van der Waals surface area (Å²) in [6.45, 7) is 7.61. The molecule has 0 aromatic heterocycles. The molecule has 0 spiro atoms. The highest BCUT2D eigenvalue weighted by Gasteiger charge is 2.35. The maximum Gasteiger partial charge on any atom is 0.0549 e. The molecule has 2 N–H and O–H groups in total. The van der Waals surface area contributed by atoms with Crippen LogP contribution < -0.4 is 5.32 Å². The van der Waals surface area contributed by atoms with Crippen LogP contribution >= 0.6 is 0 Å². The fraction of sp³-hybridized carbons (Fsp3) is 0.647. The Balaban J connectivity index is 2.08. The summed E-state index contributed by atoms with van der Waals surface area (Å²) in [4.78, 5) is 0. The Bertz CT molecular complexity index is 413. The molecular weight excluding hydrogens is 234 g/mol. The molecule has 2 atom stereocenters. The molecule has 0 saturated carbocycles. The van der Waals surface area contributed by atoms with Crippen LogP contribution in [0.5, 0.6) is 0 Å². The third kappa shape index (κ3) is 3.37. The average molecular weight is 261 g/mol. The van der Waals surface area contributed by atoms with E-state index in [0.29, 0.717) is 6.04 Å². The number of aliphatic hydroxyl groups is 1. The number of benzene rings is 1. The van der Waals surface area contributed by atoms with Crippen LogP contribution in [-0.4, -0.2) is 17.8 Å². The topological polar surface area (TPSA) is 32.3 Å². The van der Waals surface area contributed by atoms with Gasteiger partial charge in [-0.25, -0.2) is 0 Å². The quantitative estimate of drug-likeness (QED) is 0.851. The van der Waals surface area contributed by atoms with E-state index in [4.69, 9.17) is 0 Å². The Morgan fingerprint density at radius 3 is 2.84 bits per heavy atom. The first-order valence-electron chi connectivity index (χ1n) is 7.54. The minimum absolute atomic E-state index is 0.172. The van der Waals surface area contributed by atoms with Gasteiger partial charge in [-0.1, -0.05) is 45.0 Å². The van der Waals surface area contributed by atoms with Gasteiger partial charge in [0.05, 0.1) is 6.10 Å². The molecule has 0 aliphatic heterocycles. The number of rotatable bonds is 5. The summed E-state index contributed by atoms with van der Waals surface area (Å²) in [6, 6.07) is 9.18. The molecule has 0 saturated heterocycles. The molecule has 1 aromatic rings. The largest absolute Gasteiger partial charge is 0.393 e. The summed E-state index contributed by atoms with van der Waals surface area (Å²) in [5, 5.41) is 13.3. The average Bonchev–Trinajstić information content (AvgIpc) is 2.41. The number of hydrogen-bond donors (Lipinski definition) is 2. The molecule has 2 heteroatoms. The summed E-state index contributed by atoms with van der Waals surface area (Å²) in [5.41, 5.74) is 3.21. The standard InChI is InChI=1S/C17H27NO/c1-4-14(19)10-12-18-16-15-8-6-5-7-13(15)9-11-17(16,2)3/h5-8,14,16,18-19H,4,9-12H2,1-3H3. The van der Waals surface area contributed by atoms with Crippen molar-refractivity contribution in [1.29, 1.82) is 0 Å². The monoisotopic (exact) mass is 261 g/mol. The molecule has 0 radical (unpaired) electrons. The summed E-state index contributed by atoms with van der Waals surface area (Å²) in [5.74, 6) is 0. The van der Waals surface area contributed by atoms with Crippen LogP contribution in [-0.2, 0) is 6.42 Å². The molecule has 1 aromatic carbocycles. The van der Waals surface area contributed by atoms with Gasteiger partial charge >= 0.3 is 0 Å². The number of hydrogen-bond acceptors (Lipinski definition) is 2. The molecule has 106 valence electrons. The molecule has 1 aliphatic rings. The van der Waals surface area contributed by atoms with E-state index < -0.39 is 0 Å². The second kappa shape index (κ2) is 6.06. The molecule has 2 rings (SSSR count). The third-order valence-corrected chi connectivity index (χ3v) is 4.48. The summed E-state index contributed by atoms with van der Waals surface area (Å²) < 4.78 is 0. The predicted octanol–water partition coefficient (Wildman–Crippen LogP) is 3.45. The van der Waals surface area contributed by atoms with Gasteiger partial charge in [-0.2, -0.15) is 0 Å². The zero-order chi connectivity index (χ0) is 13.9. The molecule has 0 fully saturated rings. The van der Waals surface area contributed by atoms with Crippen LogP contribution in [0.1, 0.15) is 57.2 Å². The van der Waals surface area contributed by atoms with Crippen molar-refractivity contribution in [3.05, 3.63) is 35.4 Å². The van der Waals surface area contributed by atoms with Gasteiger partial charge in [0.1, 0.15) is 0 Å². The van der Waals surface area contributed by atoms with Crippen molar-refractivity contribution in [2.24, 2.45) is 5.41 Å². The van der Waals surface area contributed by atoms with E-state index in [2.05, 4.69) is 43.4 Å². The van der Waals surface area contributed by atoms with Crippen molar-refractivity contribution in [2.45, 2.75) is 58.6 Å². The minimum Gasteiger partial charge on any atom is -0.393 e. The minimum atomic E-state index is -0.172.